The minimum Gasteiger partial charge on any atom is -0.370 e. The number of aromatic nitrogens is 1. The van der Waals surface area contributed by atoms with Gasteiger partial charge in [0, 0.05) is 25.8 Å². The van der Waals surface area contributed by atoms with Gasteiger partial charge in [-0.25, -0.2) is 4.98 Å². The third kappa shape index (κ3) is 6.89. The highest BCUT2D eigenvalue weighted by molar-refractivity contribution is 6.34. The molecule has 0 unspecified atom stereocenters. The van der Waals surface area contributed by atoms with E-state index < -0.39 is 0 Å². The summed E-state index contributed by atoms with van der Waals surface area (Å²) in [5.74, 6) is 0.887. The third-order valence-corrected chi connectivity index (χ3v) is 9.48. The molecular formula is C31H43Cl2N5O. The Hall–Kier alpha value is -2.31. The van der Waals surface area contributed by atoms with Gasteiger partial charge in [-0.05, 0) is 96.4 Å². The number of nitrogens with two attached hydrogens (primary N) is 2. The van der Waals surface area contributed by atoms with Crippen molar-refractivity contribution in [1.82, 2.24) is 9.88 Å². The van der Waals surface area contributed by atoms with E-state index in [1.807, 2.05) is 4.90 Å². The number of nitrogens with zero attached hydrogens (tertiary/aromatic N) is 3. The summed E-state index contributed by atoms with van der Waals surface area (Å²) < 4.78 is 0. The second kappa shape index (κ2) is 11.7. The van der Waals surface area contributed by atoms with Crippen LogP contribution in [0.15, 0.2) is 29.4 Å². The van der Waals surface area contributed by atoms with E-state index >= 15 is 0 Å². The maximum atomic E-state index is 14.0. The van der Waals surface area contributed by atoms with Crippen molar-refractivity contribution in [2.75, 3.05) is 13.1 Å². The summed E-state index contributed by atoms with van der Waals surface area (Å²) in [6.07, 6.45) is 7.93. The van der Waals surface area contributed by atoms with E-state index in [0.717, 1.165) is 32.1 Å². The van der Waals surface area contributed by atoms with Crippen molar-refractivity contribution >= 4 is 35.1 Å². The van der Waals surface area contributed by atoms with Gasteiger partial charge in [0.25, 0.3) is 5.91 Å². The Bertz CT molecular complexity index is 1240. The number of pyridine rings is 1. The molecule has 0 atom stereocenters. The molecule has 1 saturated carbocycles. The summed E-state index contributed by atoms with van der Waals surface area (Å²) in [4.78, 5) is 24.3. The van der Waals surface area contributed by atoms with E-state index in [0.29, 0.717) is 42.1 Å². The number of carbonyl (C=O) groups is 1. The van der Waals surface area contributed by atoms with Gasteiger partial charge in [-0.1, -0.05) is 63.0 Å². The van der Waals surface area contributed by atoms with Crippen molar-refractivity contribution in [3.05, 3.63) is 62.4 Å². The second-order valence-corrected chi connectivity index (χ2v) is 13.7. The zero-order valence-electron chi connectivity index (χ0n) is 24.0. The number of hydrogen-bond acceptors (Lipinski definition) is 3. The molecule has 1 aromatic heterocycles. The molecule has 1 heterocycles. The van der Waals surface area contributed by atoms with Gasteiger partial charge in [0.05, 0.1) is 10.6 Å². The molecule has 6 nitrogen and oxygen atoms in total. The van der Waals surface area contributed by atoms with Gasteiger partial charge >= 0.3 is 0 Å². The molecule has 0 spiro atoms. The van der Waals surface area contributed by atoms with E-state index in [1.54, 1.807) is 6.07 Å². The van der Waals surface area contributed by atoms with Crippen LogP contribution in [0.25, 0.3) is 0 Å². The van der Waals surface area contributed by atoms with Crippen molar-refractivity contribution in [3.63, 3.8) is 0 Å². The molecule has 212 valence electrons. The normalized spacial score (nSPS) is 21.6. The van der Waals surface area contributed by atoms with Gasteiger partial charge in [0.1, 0.15) is 5.15 Å². The van der Waals surface area contributed by atoms with Crippen molar-refractivity contribution in [2.45, 2.75) is 90.5 Å². The summed E-state index contributed by atoms with van der Waals surface area (Å²) in [5, 5.41) is 0.581. The van der Waals surface area contributed by atoms with Crippen LogP contribution in [0.3, 0.4) is 0 Å². The van der Waals surface area contributed by atoms with E-state index in [-0.39, 0.29) is 27.8 Å². The fraction of sp³-hybridized carbons (Fsp3) is 0.581. The van der Waals surface area contributed by atoms with E-state index in [4.69, 9.17) is 34.7 Å². The minimum absolute atomic E-state index is 0.0934. The molecule has 1 fully saturated rings. The summed E-state index contributed by atoms with van der Waals surface area (Å²) in [5.41, 5.74) is 16.9. The quantitative estimate of drug-likeness (QED) is 0.217. The Labute approximate surface area is 243 Å². The van der Waals surface area contributed by atoms with Crippen LogP contribution < -0.4 is 11.5 Å². The van der Waals surface area contributed by atoms with Crippen molar-refractivity contribution in [3.8, 4) is 0 Å². The Morgan fingerprint density at radius 1 is 1.00 bits per heavy atom. The molecule has 0 radical (unpaired) electrons. The van der Waals surface area contributed by atoms with Crippen LogP contribution >= 0.6 is 23.2 Å². The summed E-state index contributed by atoms with van der Waals surface area (Å²) in [6.45, 7) is 13.4. The number of benzene rings is 1. The van der Waals surface area contributed by atoms with E-state index in [1.165, 1.54) is 34.9 Å². The summed E-state index contributed by atoms with van der Waals surface area (Å²) in [7, 11) is 0. The van der Waals surface area contributed by atoms with Gasteiger partial charge < -0.3 is 16.4 Å². The summed E-state index contributed by atoms with van der Waals surface area (Å²) >= 11 is 12.6. The van der Waals surface area contributed by atoms with Crippen LogP contribution in [0.5, 0.6) is 0 Å². The fourth-order valence-electron chi connectivity index (χ4n) is 6.25. The first-order valence-electron chi connectivity index (χ1n) is 14.1. The van der Waals surface area contributed by atoms with Crippen LogP contribution in [0.1, 0.15) is 98.8 Å². The largest absolute Gasteiger partial charge is 0.370 e. The Morgan fingerprint density at radius 2 is 1.59 bits per heavy atom. The van der Waals surface area contributed by atoms with Gasteiger partial charge in [0.15, 0.2) is 5.96 Å². The molecule has 0 aliphatic heterocycles. The molecule has 0 saturated heterocycles. The Balaban J connectivity index is 1.63. The van der Waals surface area contributed by atoms with Gasteiger partial charge in [-0.2, -0.15) is 0 Å². The standard InChI is InChI=1S/C31H43Cl2N5O/c1-19-12-25-26(31(4,5)11-10-30(25,2)3)13-22(19)18-38(28(39)24-14-23(32)16-36-27(24)33)17-21-8-6-20(7-9-21)15-37-29(34)35/h12-14,16,20-21H,6-11,15,17-18H2,1-5H3,(H4,34,35,37). The Kier molecular flexibility index (Phi) is 8.87. The lowest BCUT2D eigenvalue weighted by atomic mass is 9.62. The van der Waals surface area contributed by atoms with E-state index in [9.17, 15) is 4.79 Å². The second-order valence-electron chi connectivity index (χ2n) is 12.9. The molecular weight excluding hydrogens is 529 g/mol. The topological polar surface area (TPSA) is 97.6 Å². The molecule has 2 aliphatic rings. The maximum Gasteiger partial charge on any atom is 0.257 e. The molecule has 2 aliphatic carbocycles. The lowest BCUT2D eigenvalue weighted by Crippen LogP contribution is -2.38. The smallest absolute Gasteiger partial charge is 0.257 e. The van der Waals surface area contributed by atoms with Gasteiger partial charge in [0.2, 0.25) is 0 Å². The SMILES string of the molecule is Cc1cc2c(cc1CN(CC1CCC(CN=C(N)N)CC1)C(=O)c1cc(Cl)cnc1Cl)C(C)(C)CCC2(C)C. The molecule has 0 bridgehead atoms. The molecule has 39 heavy (non-hydrogen) atoms. The zero-order chi connectivity index (χ0) is 28.5. The van der Waals surface area contributed by atoms with Gasteiger partial charge in [-0.3, -0.25) is 9.79 Å². The number of fused-ring (bicyclic) bond motifs is 1. The monoisotopic (exact) mass is 571 g/mol. The molecule has 4 rings (SSSR count). The zero-order valence-corrected chi connectivity index (χ0v) is 25.5. The van der Waals surface area contributed by atoms with E-state index in [2.05, 4.69) is 56.7 Å². The number of amides is 1. The van der Waals surface area contributed by atoms with Crippen LogP contribution in [-0.2, 0) is 17.4 Å². The first-order valence-corrected chi connectivity index (χ1v) is 14.8. The highest BCUT2D eigenvalue weighted by Gasteiger charge is 2.38. The number of hydrogen-bond donors (Lipinski definition) is 2. The van der Waals surface area contributed by atoms with Crippen molar-refractivity contribution in [2.24, 2.45) is 28.3 Å². The van der Waals surface area contributed by atoms with Crippen LogP contribution in [0, 0.1) is 18.8 Å². The van der Waals surface area contributed by atoms with Crippen LogP contribution in [-0.4, -0.2) is 34.8 Å². The predicted octanol–water partition coefficient (Wildman–Crippen LogP) is 6.77. The molecule has 1 amide bonds. The lowest BCUT2D eigenvalue weighted by Gasteiger charge is -2.42. The minimum atomic E-state index is -0.130. The molecule has 4 N–H and O–H groups in total. The summed E-state index contributed by atoms with van der Waals surface area (Å²) in [6, 6.07) is 6.34. The maximum absolute atomic E-state index is 14.0. The number of rotatable bonds is 7. The number of carbonyl (C=O) groups excluding carboxylic acids is 1. The third-order valence-electron chi connectivity index (χ3n) is 8.97. The van der Waals surface area contributed by atoms with Gasteiger partial charge in [-0.15, -0.1) is 0 Å². The van der Waals surface area contributed by atoms with Crippen molar-refractivity contribution < 1.29 is 4.79 Å². The predicted molar refractivity (Wildman–Crippen MR) is 162 cm³/mol. The first-order chi connectivity index (χ1) is 18.3. The molecule has 1 aromatic carbocycles. The average molecular weight is 573 g/mol. The highest BCUT2D eigenvalue weighted by Crippen LogP contribution is 2.46. The number of aryl methyl sites for hydroxylation is 1. The van der Waals surface area contributed by atoms with Crippen molar-refractivity contribution in [1.29, 1.82) is 0 Å². The number of aliphatic imine (C=N–C) groups is 1. The highest BCUT2D eigenvalue weighted by atomic mass is 35.5. The molecule has 8 heteroatoms. The lowest BCUT2D eigenvalue weighted by molar-refractivity contribution is 0.0690. The Morgan fingerprint density at radius 3 is 2.21 bits per heavy atom. The first kappa shape index (κ1) is 29.7. The average Bonchev–Trinajstić information content (AvgIpc) is 2.87. The number of halogens is 2. The fourth-order valence-corrected chi connectivity index (χ4v) is 6.59. The van der Waals surface area contributed by atoms with Crippen LogP contribution in [0.4, 0.5) is 0 Å². The number of guanidine groups is 1. The molecule has 2 aromatic rings. The van der Waals surface area contributed by atoms with Crippen LogP contribution in [0.2, 0.25) is 10.2 Å².